The highest BCUT2D eigenvalue weighted by Gasteiger charge is 2.29. The first-order chi connectivity index (χ1) is 6.36. The molecule has 1 saturated heterocycles. The monoisotopic (exact) mass is 200 g/mol. The van der Waals surface area contributed by atoms with E-state index in [1.807, 2.05) is 18.7 Å². The number of hydrogen-bond acceptors (Lipinski definition) is 2. The van der Waals surface area contributed by atoms with Crippen LogP contribution < -0.4 is 5.73 Å². The highest BCUT2D eigenvalue weighted by molar-refractivity contribution is 5.83. The minimum atomic E-state index is -0.234. The fourth-order valence-electron chi connectivity index (χ4n) is 1.24. The van der Waals surface area contributed by atoms with Gasteiger partial charge in [-0.1, -0.05) is 20.8 Å². The lowest BCUT2D eigenvalue weighted by Crippen LogP contribution is -2.37. The van der Waals surface area contributed by atoms with Crippen molar-refractivity contribution in [3.63, 3.8) is 0 Å². The number of rotatable bonds is 1. The molecule has 1 unspecified atom stereocenters. The molecule has 0 aromatic carbocycles. The fourth-order valence-corrected chi connectivity index (χ4v) is 1.24. The summed E-state index contributed by atoms with van der Waals surface area (Å²) in [4.78, 5) is 13.0. The topological polar surface area (TPSA) is 46.3 Å². The quantitative estimate of drug-likeness (QED) is 0.699. The van der Waals surface area contributed by atoms with E-state index in [4.69, 9.17) is 5.73 Å². The van der Waals surface area contributed by atoms with Crippen molar-refractivity contribution in [2.45, 2.75) is 53.1 Å². The molecule has 1 aliphatic heterocycles. The third-order valence-corrected chi connectivity index (χ3v) is 1.90. The van der Waals surface area contributed by atoms with E-state index in [9.17, 15) is 4.79 Å². The summed E-state index contributed by atoms with van der Waals surface area (Å²) in [6.45, 7) is 11.4. The largest absolute Gasteiger partial charge is 0.339 e. The van der Waals surface area contributed by atoms with E-state index < -0.39 is 0 Å². The maximum absolute atomic E-state index is 11.1. The third kappa shape index (κ3) is 4.61. The molecule has 0 saturated carbocycles. The minimum Gasteiger partial charge on any atom is -0.339 e. The van der Waals surface area contributed by atoms with Gasteiger partial charge >= 0.3 is 0 Å². The van der Waals surface area contributed by atoms with Gasteiger partial charge in [-0.3, -0.25) is 4.79 Å². The van der Waals surface area contributed by atoms with Gasteiger partial charge in [0, 0.05) is 12.6 Å². The van der Waals surface area contributed by atoms with Gasteiger partial charge < -0.3 is 10.6 Å². The summed E-state index contributed by atoms with van der Waals surface area (Å²) in [5, 5.41) is 0. The summed E-state index contributed by atoms with van der Waals surface area (Å²) in [6, 6.07) is 0.0726. The molecule has 0 aliphatic carbocycles. The number of carbonyl (C=O) groups excluding carboxylic acids is 1. The van der Waals surface area contributed by atoms with Crippen molar-refractivity contribution in [2.75, 3.05) is 6.54 Å². The van der Waals surface area contributed by atoms with Gasteiger partial charge in [-0.15, -0.1) is 0 Å². The standard InChI is InChI=1S/C7H14N2O.C4H10/c1-5(2)9-4-3-6(8)7(9)10;1-4(2)3/h5-6H,3-4,8H2,1-2H3;4H,1-3H3. The van der Waals surface area contributed by atoms with Crippen LogP contribution in [0.2, 0.25) is 0 Å². The van der Waals surface area contributed by atoms with E-state index in [1.165, 1.54) is 0 Å². The first-order valence-electron chi connectivity index (χ1n) is 5.42. The van der Waals surface area contributed by atoms with Crippen molar-refractivity contribution in [1.82, 2.24) is 4.90 Å². The van der Waals surface area contributed by atoms with Crippen molar-refractivity contribution in [2.24, 2.45) is 11.7 Å². The summed E-state index contributed by atoms with van der Waals surface area (Å²) in [7, 11) is 0. The van der Waals surface area contributed by atoms with Crippen LogP contribution in [0.25, 0.3) is 0 Å². The van der Waals surface area contributed by atoms with Crippen LogP contribution in [0.4, 0.5) is 0 Å². The minimum absolute atomic E-state index is 0.106. The maximum atomic E-state index is 11.1. The Morgan fingerprint density at radius 3 is 1.86 bits per heavy atom. The number of likely N-dealkylation sites (tertiary alicyclic amines) is 1. The number of hydrogen-bond donors (Lipinski definition) is 1. The van der Waals surface area contributed by atoms with Gasteiger partial charge in [0.2, 0.25) is 5.91 Å². The lowest BCUT2D eigenvalue weighted by atomic mass is 10.3. The van der Waals surface area contributed by atoms with E-state index in [1.54, 1.807) is 0 Å². The number of nitrogens with two attached hydrogens (primary N) is 1. The molecule has 1 rings (SSSR count). The molecule has 0 aromatic rings. The zero-order chi connectivity index (χ0) is 11.3. The Morgan fingerprint density at radius 1 is 1.29 bits per heavy atom. The maximum Gasteiger partial charge on any atom is 0.239 e. The molecule has 1 heterocycles. The van der Waals surface area contributed by atoms with Crippen LogP contribution >= 0.6 is 0 Å². The van der Waals surface area contributed by atoms with Gasteiger partial charge in [-0.25, -0.2) is 0 Å². The molecular formula is C11H24N2O. The zero-order valence-electron chi connectivity index (χ0n) is 10.1. The van der Waals surface area contributed by atoms with E-state index in [2.05, 4.69) is 20.8 Å². The summed E-state index contributed by atoms with van der Waals surface area (Å²) >= 11 is 0. The SMILES string of the molecule is CC(C)C.CC(C)N1CCC(N)C1=O. The second-order valence-electron chi connectivity index (χ2n) is 4.75. The second-order valence-corrected chi connectivity index (χ2v) is 4.75. The van der Waals surface area contributed by atoms with Gasteiger partial charge in [-0.05, 0) is 26.2 Å². The molecule has 0 aromatic heterocycles. The number of nitrogens with zero attached hydrogens (tertiary/aromatic N) is 1. The lowest BCUT2D eigenvalue weighted by Gasteiger charge is -2.19. The van der Waals surface area contributed by atoms with Crippen molar-refractivity contribution in [3.05, 3.63) is 0 Å². The highest BCUT2D eigenvalue weighted by Crippen LogP contribution is 2.11. The molecule has 1 amide bonds. The Morgan fingerprint density at radius 2 is 1.71 bits per heavy atom. The smallest absolute Gasteiger partial charge is 0.239 e. The third-order valence-electron chi connectivity index (χ3n) is 1.90. The molecule has 14 heavy (non-hydrogen) atoms. The van der Waals surface area contributed by atoms with Crippen LogP contribution in [0.15, 0.2) is 0 Å². The van der Waals surface area contributed by atoms with Crippen LogP contribution in [-0.2, 0) is 4.79 Å². The Bertz CT molecular complexity index is 175. The van der Waals surface area contributed by atoms with Gasteiger partial charge in [0.15, 0.2) is 0 Å². The van der Waals surface area contributed by atoms with Crippen molar-refractivity contribution >= 4 is 5.91 Å². The fraction of sp³-hybridized carbons (Fsp3) is 0.909. The molecule has 2 N–H and O–H groups in total. The van der Waals surface area contributed by atoms with Crippen molar-refractivity contribution < 1.29 is 4.79 Å². The first kappa shape index (κ1) is 13.4. The van der Waals surface area contributed by atoms with Crippen molar-refractivity contribution in [1.29, 1.82) is 0 Å². The van der Waals surface area contributed by atoms with Gasteiger partial charge in [0.1, 0.15) is 0 Å². The summed E-state index contributed by atoms with van der Waals surface area (Å²) in [5.41, 5.74) is 5.52. The summed E-state index contributed by atoms with van der Waals surface area (Å²) in [5.74, 6) is 0.940. The molecular weight excluding hydrogens is 176 g/mol. The highest BCUT2D eigenvalue weighted by atomic mass is 16.2. The predicted molar refractivity (Wildman–Crippen MR) is 60.0 cm³/mol. The number of amides is 1. The van der Waals surface area contributed by atoms with E-state index in [0.717, 1.165) is 18.9 Å². The molecule has 84 valence electrons. The van der Waals surface area contributed by atoms with Crippen molar-refractivity contribution in [3.8, 4) is 0 Å². The van der Waals surface area contributed by atoms with Gasteiger partial charge in [0.05, 0.1) is 6.04 Å². The predicted octanol–water partition coefficient (Wildman–Crippen LogP) is 1.62. The molecule has 3 nitrogen and oxygen atoms in total. The molecule has 1 fully saturated rings. The normalized spacial score (nSPS) is 21.6. The van der Waals surface area contributed by atoms with Crippen LogP contribution in [0.1, 0.15) is 41.0 Å². The molecule has 1 atom stereocenters. The second kappa shape index (κ2) is 6.02. The van der Waals surface area contributed by atoms with Crippen LogP contribution in [0.3, 0.4) is 0 Å². The molecule has 0 bridgehead atoms. The summed E-state index contributed by atoms with van der Waals surface area (Å²) in [6.07, 6.45) is 0.816. The van der Waals surface area contributed by atoms with Gasteiger partial charge in [-0.2, -0.15) is 0 Å². The van der Waals surface area contributed by atoms with Crippen LogP contribution in [0, 0.1) is 5.92 Å². The number of carbonyl (C=O) groups is 1. The van der Waals surface area contributed by atoms with E-state index >= 15 is 0 Å². The molecule has 1 aliphatic rings. The first-order valence-corrected chi connectivity index (χ1v) is 5.42. The zero-order valence-corrected chi connectivity index (χ0v) is 10.1. The summed E-state index contributed by atoms with van der Waals surface area (Å²) < 4.78 is 0. The molecule has 0 spiro atoms. The van der Waals surface area contributed by atoms with E-state index in [-0.39, 0.29) is 11.9 Å². The molecule has 3 heteroatoms. The Labute approximate surface area is 87.6 Å². The Hall–Kier alpha value is -0.570. The van der Waals surface area contributed by atoms with Crippen LogP contribution in [-0.4, -0.2) is 29.4 Å². The van der Waals surface area contributed by atoms with Gasteiger partial charge in [0.25, 0.3) is 0 Å². The lowest BCUT2D eigenvalue weighted by molar-refractivity contribution is -0.130. The Kier molecular flexibility index (Phi) is 5.77. The molecule has 0 radical (unpaired) electrons. The average Bonchev–Trinajstić information content (AvgIpc) is 2.31. The Balaban J connectivity index is 0.000000364. The van der Waals surface area contributed by atoms with Crippen LogP contribution in [0.5, 0.6) is 0 Å². The van der Waals surface area contributed by atoms with E-state index in [0.29, 0.717) is 6.04 Å². The average molecular weight is 200 g/mol.